The molecule has 4 aliphatic rings. The molecule has 2 N–H and O–H groups in total. The van der Waals surface area contributed by atoms with E-state index in [1.54, 1.807) is 152 Å². The van der Waals surface area contributed by atoms with Crippen LogP contribution < -0.4 is 0 Å². The lowest BCUT2D eigenvalue weighted by molar-refractivity contribution is -0.193. The van der Waals surface area contributed by atoms with Crippen molar-refractivity contribution in [2.45, 2.75) is 80.1 Å². The number of carbonyl (C=O) groups is 4. The number of carboxylic acid groups (broad SMARTS) is 2. The van der Waals surface area contributed by atoms with Gasteiger partial charge in [0.15, 0.2) is 0 Å². The molecule has 0 unspecified atom stereocenters. The molecular formula is C38H50O11S23. The summed E-state index contributed by atoms with van der Waals surface area (Å²) in [5.74, 6) is -1.95. The van der Waals surface area contributed by atoms with Gasteiger partial charge in [-0.25, -0.2) is 0 Å². The average molecular weight is 1420 g/mol. The molecule has 11 nitrogen and oxygen atoms in total. The number of Topliss-reactive ketones (excluding diaryl/α,β-unsaturated/α-hetero) is 2. The summed E-state index contributed by atoms with van der Waals surface area (Å²) in [5.41, 5.74) is 0.728. The number of carbonyl (C=O) groups excluding carboxylic acids is 6. The third-order valence-corrected chi connectivity index (χ3v) is 50.6. The highest BCUT2D eigenvalue weighted by atomic mass is 33.5. The lowest BCUT2D eigenvalue weighted by atomic mass is 9.48. The van der Waals surface area contributed by atoms with Crippen LogP contribution in [0, 0.1) is 70.0 Å². The van der Waals surface area contributed by atoms with Crippen molar-refractivity contribution in [2.24, 2.45) is 70.0 Å². The summed E-state index contributed by atoms with van der Waals surface area (Å²) in [6.45, 7) is 16.5. The maximum Gasteiger partial charge on any atom is 0.373 e. The molecule has 0 aromatic carbocycles. The Hall–Kier alpha value is 0.860. The van der Waals surface area contributed by atoms with Crippen LogP contribution in [0.2, 0.25) is 0 Å². The van der Waals surface area contributed by atoms with Crippen molar-refractivity contribution >= 4 is 255 Å². The van der Waals surface area contributed by atoms with E-state index in [0.717, 1.165) is 31.2 Å². The summed E-state index contributed by atoms with van der Waals surface area (Å²) in [6, 6.07) is 1.84. The highest BCUT2D eigenvalue weighted by molar-refractivity contribution is 8.75. The predicted molar refractivity (Wildman–Crippen MR) is 344 cm³/mol. The fourth-order valence-corrected chi connectivity index (χ4v) is 50.6. The normalized spacial score (nSPS) is 28.0. The van der Waals surface area contributed by atoms with E-state index < -0.39 is 23.8 Å². The van der Waals surface area contributed by atoms with Gasteiger partial charge in [-0.1, -0.05) is 59.8 Å². The molecule has 406 valence electrons. The Labute approximate surface area is 494 Å². The van der Waals surface area contributed by atoms with Gasteiger partial charge in [0, 0.05) is 255 Å². The van der Waals surface area contributed by atoms with Gasteiger partial charge in [0.2, 0.25) is 0 Å². The molecular weight excluding hydrogens is 1370 g/mol. The first-order valence-corrected chi connectivity index (χ1v) is 48.3. The molecule has 0 radical (unpaired) electrons. The zero-order valence-electron chi connectivity index (χ0n) is 38.6. The number of hydrogen-bond donors (Lipinski definition) is 2. The summed E-state index contributed by atoms with van der Waals surface area (Å²) < 4.78 is 5.08. The molecule has 34 heteroatoms. The summed E-state index contributed by atoms with van der Waals surface area (Å²) >= 11 is 18.7. The minimum atomic E-state index is -0.794. The number of aliphatic carboxylic acids is 2. The molecule has 1 heterocycles. The molecule has 0 saturated heterocycles. The van der Waals surface area contributed by atoms with Crippen LogP contribution in [0.4, 0.5) is 0 Å². The van der Waals surface area contributed by atoms with E-state index >= 15 is 0 Å². The van der Waals surface area contributed by atoms with Gasteiger partial charge in [-0.3, -0.25) is 19.2 Å². The van der Waals surface area contributed by atoms with Crippen LogP contribution in [0.25, 0.3) is 6.08 Å². The van der Waals surface area contributed by atoms with Gasteiger partial charge in [-0.15, -0.1) is 6.58 Å². The van der Waals surface area contributed by atoms with E-state index in [9.17, 15) is 29.4 Å². The zero-order chi connectivity index (χ0) is 54.7. The monoisotopic (exact) mass is 1420 g/mol. The molecule has 0 aliphatic heterocycles. The van der Waals surface area contributed by atoms with E-state index in [2.05, 4.69) is 79.0 Å². The molecule has 0 spiro atoms. The second kappa shape index (κ2) is 42.8. The quantitative estimate of drug-likeness (QED) is 0.317. The Morgan fingerprint density at radius 1 is 0.625 bits per heavy atom. The second-order valence-electron chi connectivity index (χ2n) is 16.1. The highest BCUT2D eigenvalue weighted by Crippen LogP contribution is 2.58. The van der Waals surface area contributed by atoms with Gasteiger partial charge in [0.25, 0.3) is 0 Å². The number of allylic oxidation sites excluding steroid dienone is 2. The van der Waals surface area contributed by atoms with Gasteiger partial charge >= 0.3 is 24.2 Å². The summed E-state index contributed by atoms with van der Waals surface area (Å²) in [5, 5.41) is 19.1. The fourth-order valence-electron chi connectivity index (χ4n) is 9.44. The van der Waals surface area contributed by atoms with Crippen LogP contribution in [-0.4, -0.2) is 46.0 Å². The first-order valence-electron chi connectivity index (χ1n) is 20.3. The van der Waals surface area contributed by atoms with Crippen LogP contribution in [0.3, 0.4) is 0 Å². The van der Waals surface area contributed by atoms with Crippen LogP contribution in [0.1, 0.15) is 85.6 Å². The first-order chi connectivity index (χ1) is 34.3. The van der Waals surface area contributed by atoms with E-state index in [1.165, 1.54) is 35.5 Å². The van der Waals surface area contributed by atoms with Crippen LogP contribution in [0.15, 0.2) is 41.7 Å². The van der Waals surface area contributed by atoms with Crippen molar-refractivity contribution in [3.05, 3.63) is 42.9 Å². The third kappa shape index (κ3) is 25.8. The molecule has 1 aromatic rings. The van der Waals surface area contributed by atoms with Gasteiger partial charge in [0.05, 0.1) is 24.4 Å². The molecule has 12 atom stereocenters. The van der Waals surface area contributed by atoms with Crippen molar-refractivity contribution in [1.29, 1.82) is 0 Å². The van der Waals surface area contributed by atoms with E-state index in [0.29, 0.717) is 24.7 Å². The maximum absolute atomic E-state index is 13.0. The number of furan rings is 1. The third-order valence-electron chi connectivity index (χ3n) is 12.8. The summed E-state index contributed by atoms with van der Waals surface area (Å²) in [4.78, 5) is 81.3. The minimum Gasteiger partial charge on any atom is -0.481 e. The van der Waals surface area contributed by atoms with Crippen LogP contribution >= 0.6 is 0 Å². The Balaban J connectivity index is 0.000000940. The SMILES string of the molecule is C=C[C@@H]1[C@H]2C(=O)[C@@H](C)C[C@@H](C)[C@]2(C)CC[C@H]1C(=O)O.C[C@@H]1C[C@H](C)C(=O)[C@@H]2[C@@H](/C=C/c3ccoc3)[C@H](C(=O)O)CC[C@@]12C.O=C=O.O=C=O.S=S=S=S=S=S=S=S=S=S=S.S=S=S=S=S=S=S=S=S=S=S=S. The van der Waals surface area contributed by atoms with Gasteiger partial charge in [-0.2, -0.15) is 19.2 Å². The summed E-state index contributed by atoms with van der Waals surface area (Å²) in [6.07, 6.45) is 14.0. The van der Waals surface area contributed by atoms with Gasteiger partial charge in [0.1, 0.15) is 11.6 Å². The molecule has 4 aliphatic carbocycles. The number of ketones is 2. The number of hydrogen-bond acceptors (Lipinski definition) is 13. The largest absolute Gasteiger partial charge is 0.481 e. The van der Waals surface area contributed by atoms with Crippen molar-refractivity contribution in [3.63, 3.8) is 0 Å². The number of fused-ring (bicyclic) bond motifs is 2. The standard InChI is InChI=1S/C20H26O4.C16H24O3.2CO2.S12.S11/c1-12-10-13(2)20(3)8-6-16(19(22)23)15(17(20)18(12)21)5-4-14-7-9-24-11-14;1-5-11-12(15(18)19)6-7-16(4)10(3)8-9(2)14(17)13(11)16;2*2-1-3;1-3-5-7-9-11-12-10-8-6-4-2;1-3-5-7-9-11-10-8-6-4-2/h4-5,7,9,11-13,15-17H,6,8,10H2,1-3H3,(H,22,23);5,9-13H,1,6-8H2,2-4H3,(H,18,19);;;;/b5-4+;;;;;/t12-,13+,15-,16+,17-,20-;9-,10+,11-,12+,13-,16-;;;;/m00..../s1. The van der Waals surface area contributed by atoms with Gasteiger partial charge in [-0.05, 0) is 67.3 Å². The second-order valence-corrected chi connectivity index (χ2v) is 49.7. The molecule has 72 heavy (non-hydrogen) atoms. The predicted octanol–water partition coefficient (Wildman–Crippen LogP) is 6.20. The Morgan fingerprint density at radius 2 is 0.944 bits per heavy atom. The Bertz CT molecular complexity index is 2930. The molecule has 4 fully saturated rings. The molecule has 4 saturated carbocycles. The number of rotatable bonds is 5. The maximum atomic E-state index is 13.0. The van der Waals surface area contributed by atoms with Crippen molar-refractivity contribution < 1.29 is 53.0 Å². The van der Waals surface area contributed by atoms with Crippen LogP contribution in [-0.2, 0) is 252 Å². The molecule has 1 aromatic heterocycles. The Kier molecular flexibility index (Phi) is 43.3. The fraction of sp³-hybridized carbons (Fsp3) is 0.632. The van der Waals surface area contributed by atoms with E-state index in [-0.39, 0.29) is 70.2 Å². The Morgan fingerprint density at radius 3 is 1.24 bits per heavy atom. The van der Waals surface area contributed by atoms with Gasteiger partial charge < -0.3 is 14.6 Å². The van der Waals surface area contributed by atoms with Crippen molar-refractivity contribution in [3.8, 4) is 0 Å². The minimum absolute atomic E-state index is 0.00967. The molecule has 0 bridgehead atoms. The topological polar surface area (TPSA) is 190 Å². The highest BCUT2D eigenvalue weighted by Gasteiger charge is 2.57. The van der Waals surface area contributed by atoms with E-state index in [1.807, 2.05) is 32.1 Å². The molecule has 0 amide bonds. The smallest absolute Gasteiger partial charge is 0.373 e. The summed E-state index contributed by atoms with van der Waals surface area (Å²) in [7, 11) is 30.8. The lowest BCUT2D eigenvalue weighted by Crippen LogP contribution is -2.54. The molecule has 5 rings (SSSR count). The average Bonchev–Trinajstić information content (AvgIpc) is 3.87. The van der Waals surface area contributed by atoms with Crippen LogP contribution in [0.5, 0.6) is 0 Å². The van der Waals surface area contributed by atoms with Crippen molar-refractivity contribution in [2.75, 3.05) is 0 Å². The van der Waals surface area contributed by atoms with Crippen molar-refractivity contribution in [1.82, 2.24) is 0 Å². The number of carboxylic acids is 2. The zero-order valence-corrected chi connectivity index (χ0v) is 57.4. The first kappa shape index (κ1) is 72.9. The van der Waals surface area contributed by atoms with E-state index in [4.69, 9.17) is 23.6 Å². The lowest BCUT2D eigenvalue weighted by Gasteiger charge is -2.54.